The molecule has 26 heavy (non-hydrogen) atoms. The smallest absolute Gasteiger partial charge is 0.274 e. The van der Waals surface area contributed by atoms with E-state index in [9.17, 15) is 14.0 Å². The summed E-state index contributed by atoms with van der Waals surface area (Å²) in [7, 11) is 0. The first-order valence-corrected chi connectivity index (χ1v) is 7.68. The van der Waals surface area contributed by atoms with Crippen molar-refractivity contribution in [2.45, 2.75) is 12.6 Å². The zero-order valence-corrected chi connectivity index (χ0v) is 13.5. The number of benzene rings is 1. The van der Waals surface area contributed by atoms with Gasteiger partial charge in [-0.15, -0.1) is 5.10 Å². The van der Waals surface area contributed by atoms with Crippen molar-refractivity contribution in [1.29, 1.82) is 0 Å². The summed E-state index contributed by atoms with van der Waals surface area (Å²) in [5.41, 5.74) is 6.15. The van der Waals surface area contributed by atoms with Crippen LogP contribution in [0.25, 0.3) is 0 Å². The van der Waals surface area contributed by atoms with E-state index in [1.54, 1.807) is 24.5 Å². The minimum absolute atomic E-state index is 0.0171. The maximum absolute atomic E-state index is 13.9. The third-order valence-electron chi connectivity index (χ3n) is 3.61. The summed E-state index contributed by atoms with van der Waals surface area (Å²) in [6, 6.07) is 7.91. The number of rotatable bonds is 6. The highest BCUT2D eigenvalue weighted by Crippen LogP contribution is 2.17. The minimum atomic E-state index is -1.31. The van der Waals surface area contributed by atoms with Gasteiger partial charge in [-0.1, -0.05) is 29.5 Å². The van der Waals surface area contributed by atoms with Crippen LogP contribution in [0, 0.1) is 5.82 Å². The normalized spacial score (nSPS) is 11.7. The van der Waals surface area contributed by atoms with Crippen molar-refractivity contribution >= 4 is 11.8 Å². The number of nitrogens with one attached hydrogen (secondary N) is 1. The molecular weight excluding hydrogens is 339 g/mol. The van der Waals surface area contributed by atoms with Crippen LogP contribution in [0.5, 0.6) is 0 Å². The standard InChI is InChI=1S/C17H15FN6O2/c18-13-6-2-1-5-12(13)15(16(19)25)21-17(26)14-10-24(23-22-14)9-11-4-3-7-20-8-11/h1-8,10,15H,9H2,(H2,19,25)(H,21,26). The fraction of sp³-hybridized carbons (Fsp3) is 0.118. The monoisotopic (exact) mass is 354 g/mol. The van der Waals surface area contributed by atoms with Crippen LogP contribution >= 0.6 is 0 Å². The molecule has 8 nitrogen and oxygen atoms in total. The Hall–Kier alpha value is -3.62. The number of nitrogens with zero attached hydrogens (tertiary/aromatic N) is 4. The molecule has 1 atom stereocenters. The zero-order valence-electron chi connectivity index (χ0n) is 13.5. The highest BCUT2D eigenvalue weighted by Gasteiger charge is 2.24. The molecular formula is C17H15FN6O2. The maximum Gasteiger partial charge on any atom is 0.274 e. The van der Waals surface area contributed by atoms with Crippen LogP contribution in [-0.4, -0.2) is 31.8 Å². The van der Waals surface area contributed by atoms with Gasteiger partial charge in [0.15, 0.2) is 5.69 Å². The molecule has 0 aliphatic carbocycles. The van der Waals surface area contributed by atoms with Gasteiger partial charge >= 0.3 is 0 Å². The van der Waals surface area contributed by atoms with Gasteiger partial charge in [-0.2, -0.15) is 0 Å². The number of carbonyl (C=O) groups is 2. The van der Waals surface area contributed by atoms with Crippen molar-refractivity contribution in [2.75, 3.05) is 0 Å². The summed E-state index contributed by atoms with van der Waals surface area (Å²) >= 11 is 0. The quantitative estimate of drug-likeness (QED) is 0.680. The van der Waals surface area contributed by atoms with Gasteiger partial charge in [0.05, 0.1) is 12.7 Å². The molecule has 3 aromatic rings. The average molecular weight is 354 g/mol. The fourth-order valence-electron chi connectivity index (χ4n) is 2.37. The predicted molar refractivity (Wildman–Crippen MR) is 89.2 cm³/mol. The molecule has 0 fully saturated rings. The van der Waals surface area contributed by atoms with Crippen molar-refractivity contribution in [1.82, 2.24) is 25.3 Å². The SMILES string of the molecule is NC(=O)C(NC(=O)c1cn(Cc2cccnc2)nn1)c1ccccc1F. The first-order chi connectivity index (χ1) is 12.5. The van der Waals surface area contributed by atoms with Crippen molar-refractivity contribution in [3.8, 4) is 0 Å². The lowest BCUT2D eigenvalue weighted by molar-refractivity contribution is -0.120. The van der Waals surface area contributed by atoms with Crippen molar-refractivity contribution < 1.29 is 14.0 Å². The molecule has 0 aliphatic rings. The molecule has 0 saturated carbocycles. The number of pyridine rings is 1. The van der Waals surface area contributed by atoms with Crippen LogP contribution in [0.1, 0.15) is 27.7 Å². The van der Waals surface area contributed by atoms with E-state index in [0.717, 1.165) is 5.56 Å². The topological polar surface area (TPSA) is 116 Å². The second-order valence-electron chi connectivity index (χ2n) is 5.49. The van der Waals surface area contributed by atoms with Gasteiger partial charge in [-0.05, 0) is 17.7 Å². The van der Waals surface area contributed by atoms with Crippen molar-refractivity contribution in [3.05, 3.63) is 77.6 Å². The Bertz CT molecular complexity index is 928. The number of nitrogens with two attached hydrogens (primary N) is 1. The Morgan fingerprint density at radius 3 is 2.73 bits per heavy atom. The Kier molecular flexibility index (Phi) is 4.97. The van der Waals surface area contributed by atoms with Crippen molar-refractivity contribution in [3.63, 3.8) is 0 Å². The van der Waals surface area contributed by atoms with Gasteiger partial charge in [-0.25, -0.2) is 9.07 Å². The third kappa shape index (κ3) is 3.89. The number of amides is 2. The first kappa shape index (κ1) is 17.2. The van der Waals surface area contributed by atoms with E-state index >= 15 is 0 Å². The number of hydrogen-bond acceptors (Lipinski definition) is 5. The van der Waals surface area contributed by atoms with E-state index in [1.165, 1.54) is 29.1 Å². The number of carbonyl (C=O) groups excluding carboxylic acids is 2. The first-order valence-electron chi connectivity index (χ1n) is 7.68. The van der Waals surface area contributed by atoms with Crippen LogP contribution in [0.15, 0.2) is 55.0 Å². The molecule has 0 radical (unpaired) electrons. The molecule has 1 aromatic carbocycles. The second kappa shape index (κ2) is 7.51. The second-order valence-corrected chi connectivity index (χ2v) is 5.49. The summed E-state index contributed by atoms with van der Waals surface area (Å²) in [5, 5.41) is 10.0. The van der Waals surface area contributed by atoms with Crippen LogP contribution < -0.4 is 11.1 Å². The number of halogens is 1. The van der Waals surface area contributed by atoms with E-state index in [2.05, 4.69) is 20.6 Å². The molecule has 1 unspecified atom stereocenters. The molecule has 0 spiro atoms. The molecule has 3 N–H and O–H groups in total. The average Bonchev–Trinajstić information content (AvgIpc) is 3.09. The zero-order chi connectivity index (χ0) is 18.5. The molecule has 3 rings (SSSR count). The van der Waals surface area contributed by atoms with Crippen LogP contribution in [0.3, 0.4) is 0 Å². The van der Waals surface area contributed by atoms with Gasteiger partial charge in [0.1, 0.15) is 11.9 Å². The van der Waals surface area contributed by atoms with E-state index in [-0.39, 0.29) is 11.3 Å². The largest absolute Gasteiger partial charge is 0.368 e. The summed E-state index contributed by atoms with van der Waals surface area (Å²) in [6.45, 7) is 0.376. The van der Waals surface area contributed by atoms with Crippen LogP contribution in [0.4, 0.5) is 4.39 Å². The van der Waals surface area contributed by atoms with E-state index in [0.29, 0.717) is 6.54 Å². The van der Waals surface area contributed by atoms with Crippen molar-refractivity contribution in [2.24, 2.45) is 5.73 Å². The summed E-state index contributed by atoms with van der Waals surface area (Å²) in [6.07, 6.45) is 4.74. The van der Waals surface area contributed by atoms with Gasteiger partial charge < -0.3 is 11.1 Å². The van der Waals surface area contributed by atoms with Gasteiger partial charge in [0, 0.05) is 18.0 Å². The Labute approximate surface area is 147 Å². The Morgan fingerprint density at radius 2 is 2.04 bits per heavy atom. The Balaban J connectivity index is 1.74. The third-order valence-corrected chi connectivity index (χ3v) is 3.61. The van der Waals surface area contributed by atoms with E-state index in [1.807, 2.05) is 6.07 Å². The van der Waals surface area contributed by atoms with Gasteiger partial charge in [-0.3, -0.25) is 14.6 Å². The lowest BCUT2D eigenvalue weighted by Crippen LogP contribution is -2.38. The molecule has 2 amide bonds. The Morgan fingerprint density at radius 1 is 1.23 bits per heavy atom. The number of aromatic nitrogens is 4. The molecule has 9 heteroatoms. The predicted octanol–water partition coefficient (Wildman–Crippen LogP) is 0.817. The summed E-state index contributed by atoms with van der Waals surface area (Å²) < 4.78 is 15.4. The fourth-order valence-corrected chi connectivity index (χ4v) is 2.37. The molecule has 132 valence electrons. The molecule has 0 aliphatic heterocycles. The van der Waals surface area contributed by atoms with Crippen LogP contribution in [0.2, 0.25) is 0 Å². The highest BCUT2D eigenvalue weighted by molar-refractivity contribution is 5.95. The van der Waals surface area contributed by atoms with Gasteiger partial charge in [0.25, 0.3) is 5.91 Å². The lowest BCUT2D eigenvalue weighted by Gasteiger charge is -2.15. The van der Waals surface area contributed by atoms with E-state index < -0.39 is 23.7 Å². The summed E-state index contributed by atoms with van der Waals surface area (Å²) in [5.74, 6) is -2.21. The molecule has 0 bridgehead atoms. The van der Waals surface area contributed by atoms with E-state index in [4.69, 9.17) is 5.73 Å². The van der Waals surface area contributed by atoms with Gasteiger partial charge in [0.2, 0.25) is 5.91 Å². The summed E-state index contributed by atoms with van der Waals surface area (Å²) in [4.78, 5) is 28.0. The molecule has 2 aromatic heterocycles. The molecule has 2 heterocycles. The maximum atomic E-state index is 13.9. The minimum Gasteiger partial charge on any atom is -0.368 e. The molecule has 0 saturated heterocycles. The van der Waals surface area contributed by atoms with Crippen LogP contribution in [-0.2, 0) is 11.3 Å². The number of hydrogen-bond donors (Lipinski definition) is 2. The number of primary amides is 1. The lowest BCUT2D eigenvalue weighted by atomic mass is 10.1. The highest BCUT2D eigenvalue weighted by atomic mass is 19.1.